The molecule has 0 bridgehead atoms. The molecule has 1 aromatic carbocycles. The van der Waals surface area contributed by atoms with Crippen LogP contribution in [0.25, 0.3) is 0 Å². The zero-order valence-electron chi connectivity index (χ0n) is 15.8. The standard InChI is InChI=1S/C19H24N4O4/c1-22-17(19(25)23-7-5-4-6-8-23)16(12-20-22)21-18(24)13-9-14(26-2)11-15(10-13)27-3/h9-12H,4-8H2,1-3H3,(H,21,24). The molecule has 2 heterocycles. The molecule has 27 heavy (non-hydrogen) atoms. The van der Waals surface area contributed by atoms with Crippen molar-refractivity contribution in [2.75, 3.05) is 32.6 Å². The molecule has 2 aromatic rings. The van der Waals surface area contributed by atoms with Gasteiger partial charge in [-0.1, -0.05) is 0 Å². The van der Waals surface area contributed by atoms with Crippen LogP contribution < -0.4 is 14.8 Å². The minimum Gasteiger partial charge on any atom is -0.497 e. The Labute approximate surface area is 158 Å². The van der Waals surface area contributed by atoms with Gasteiger partial charge in [0.1, 0.15) is 17.2 Å². The number of aryl methyl sites for hydroxylation is 1. The number of ether oxygens (including phenoxy) is 2. The average molecular weight is 372 g/mol. The van der Waals surface area contributed by atoms with Crippen LogP contribution in [0.2, 0.25) is 0 Å². The van der Waals surface area contributed by atoms with Crippen LogP contribution in [0, 0.1) is 0 Å². The molecule has 1 aromatic heterocycles. The Balaban J connectivity index is 1.84. The highest BCUT2D eigenvalue weighted by Crippen LogP contribution is 2.24. The van der Waals surface area contributed by atoms with Crippen molar-refractivity contribution in [2.24, 2.45) is 7.05 Å². The molecule has 1 aliphatic heterocycles. The lowest BCUT2D eigenvalue weighted by Crippen LogP contribution is -2.37. The Morgan fingerprint density at radius 3 is 2.26 bits per heavy atom. The molecular weight excluding hydrogens is 348 g/mol. The van der Waals surface area contributed by atoms with Gasteiger partial charge in [-0.2, -0.15) is 5.10 Å². The van der Waals surface area contributed by atoms with Crippen LogP contribution in [0.1, 0.15) is 40.1 Å². The number of carbonyl (C=O) groups excluding carboxylic acids is 2. The zero-order valence-corrected chi connectivity index (χ0v) is 15.8. The van der Waals surface area contributed by atoms with Gasteiger partial charge in [0.2, 0.25) is 0 Å². The van der Waals surface area contributed by atoms with E-state index in [1.54, 1.807) is 25.2 Å². The molecule has 8 nitrogen and oxygen atoms in total. The quantitative estimate of drug-likeness (QED) is 0.871. The third-order valence-corrected chi connectivity index (χ3v) is 4.65. The Bertz CT molecular complexity index is 818. The number of nitrogens with one attached hydrogen (secondary N) is 1. The summed E-state index contributed by atoms with van der Waals surface area (Å²) in [5.41, 5.74) is 1.13. The fourth-order valence-corrected chi connectivity index (χ4v) is 3.16. The average Bonchev–Trinajstić information content (AvgIpc) is 3.07. The van der Waals surface area contributed by atoms with E-state index in [1.165, 1.54) is 25.1 Å². The summed E-state index contributed by atoms with van der Waals surface area (Å²) in [5.74, 6) is 0.534. The fourth-order valence-electron chi connectivity index (χ4n) is 3.16. The molecule has 0 atom stereocenters. The van der Waals surface area contributed by atoms with Crippen LogP contribution in [-0.2, 0) is 7.05 Å². The monoisotopic (exact) mass is 372 g/mol. The van der Waals surface area contributed by atoms with Gasteiger partial charge in [-0.3, -0.25) is 14.3 Å². The Morgan fingerprint density at radius 2 is 1.67 bits per heavy atom. The number of rotatable bonds is 5. The second kappa shape index (κ2) is 8.11. The van der Waals surface area contributed by atoms with E-state index in [-0.39, 0.29) is 11.8 Å². The van der Waals surface area contributed by atoms with Crippen molar-refractivity contribution in [1.29, 1.82) is 0 Å². The molecule has 0 saturated carbocycles. The van der Waals surface area contributed by atoms with Crippen LogP contribution in [0.15, 0.2) is 24.4 Å². The normalized spacial score (nSPS) is 14.0. The van der Waals surface area contributed by atoms with Gasteiger partial charge >= 0.3 is 0 Å². The number of likely N-dealkylation sites (tertiary alicyclic amines) is 1. The van der Waals surface area contributed by atoms with Gasteiger partial charge in [0.15, 0.2) is 0 Å². The molecule has 1 saturated heterocycles. The van der Waals surface area contributed by atoms with Crippen molar-refractivity contribution in [1.82, 2.24) is 14.7 Å². The van der Waals surface area contributed by atoms with E-state index >= 15 is 0 Å². The van der Waals surface area contributed by atoms with Crippen molar-refractivity contribution in [3.63, 3.8) is 0 Å². The second-order valence-corrected chi connectivity index (χ2v) is 6.44. The van der Waals surface area contributed by atoms with E-state index in [1.807, 2.05) is 4.90 Å². The third-order valence-electron chi connectivity index (χ3n) is 4.65. The number of hydrogen-bond donors (Lipinski definition) is 1. The van der Waals surface area contributed by atoms with Crippen molar-refractivity contribution >= 4 is 17.5 Å². The molecule has 144 valence electrons. The Kier molecular flexibility index (Phi) is 5.63. The van der Waals surface area contributed by atoms with E-state index in [0.717, 1.165) is 32.4 Å². The summed E-state index contributed by atoms with van der Waals surface area (Å²) in [5, 5.41) is 6.94. The lowest BCUT2D eigenvalue weighted by molar-refractivity contribution is 0.0714. The van der Waals surface area contributed by atoms with Crippen molar-refractivity contribution in [2.45, 2.75) is 19.3 Å². The summed E-state index contributed by atoms with van der Waals surface area (Å²) >= 11 is 0. The van der Waals surface area contributed by atoms with E-state index < -0.39 is 0 Å². The predicted molar refractivity (Wildman–Crippen MR) is 100 cm³/mol. The van der Waals surface area contributed by atoms with Gasteiger partial charge in [-0.05, 0) is 31.4 Å². The van der Waals surface area contributed by atoms with Gasteiger partial charge in [-0.15, -0.1) is 0 Å². The van der Waals surface area contributed by atoms with Crippen LogP contribution in [0.5, 0.6) is 11.5 Å². The molecule has 8 heteroatoms. The van der Waals surface area contributed by atoms with Crippen LogP contribution in [-0.4, -0.2) is 53.8 Å². The SMILES string of the molecule is COc1cc(OC)cc(C(=O)Nc2cnn(C)c2C(=O)N2CCCCC2)c1. The maximum atomic E-state index is 12.9. The number of piperidine rings is 1. The van der Waals surface area contributed by atoms with E-state index in [9.17, 15) is 9.59 Å². The summed E-state index contributed by atoms with van der Waals surface area (Å²) < 4.78 is 11.9. The van der Waals surface area contributed by atoms with E-state index in [4.69, 9.17) is 9.47 Å². The molecule has 1 fully saturated rings. The smallest absolute Gasteiger partial charge is 0.274 e. The second-order valence-electron chi connectivity index (χ2n) is 6.44. The van der Waals surface area contributed by atoms with Crippen LogP contribution >= 0.6 is 0 Å². The number of carbonyl (C=O) groups is 2. The molecule has 0 aliphatic carbocycles. The van der Waals surface area contributed by atoms with Crippen molar-refractivity contribution in [3.8, 4) is 11.5 Å². The molecule has 1 N–H and O–H groups in total. The largest absolute Gasteiger partial charge is 0.497 e. The zero-order chi connectivity index (χ0) is 19.4. The third kappa shape index (κ3) is 4.05. The lowest BCUT2D eigenvalue weighted by atomic mass is 10.1. The molecular formula is C19H24N4O4. The van der Waals surface area contributed by atoms with Crippen LogP contribution in [0.4, 0.5) is 5.69 Å². The lowest BCUT2D eigenvalue weighted by Gasteiger charge is -2.27. The number of methoxy groups -OCH3 is 2. The summed E-state index contributed by atoms with van der Waals surface area (Å²) in [6.45, 7) is 1.45. The minimum absolute atomic E-state index is 0.117. The van der Waals surface area contributed by atoms with Crippen molar-refractivity contribution in [3.05, 3.63) is 35.7 Å². The highest BCUT2D eigenvalue weighted by atomic mass is 16.5. The topological polar surface area (TPSA) is 85.7 Å². The maximum Gasteiger partial charge on any atom is 0.274 e. The summed E-state index contributed by atoms with van der Waals surface area (Å²) in [4.78, 5) is 27.4. The molecule has 0 unspecified atom stereocenters. The summed E-state index contributed by atoms with van der Waals surface area (Å²) in [6.07, 6.45) is 4.62. The maximum absolute atomic E-state index is 12.9. The molecule has 0 spiro atoms. The van der Waals surface area contributed by atoms with E-state index in [0.29, 0.717) is 28.4 Å². The first-order valence-electron chi connectivity index (χ1n) is 8.89. The molecule has 2 amide bonds. The first-order chi connectivity index (χ1) is 13.0. The van der Waals surface area contributed by atoms with Gasteiger partial charge in [0.05, 0.1) is 26.1 Å². The number of hydrogen-bond acceptors (Lipinski definition) is 5. The minimum atomic E-state index is -0.368. The highest BCUT2D eigenvalue weighted by molar-refractivity contribution is 6.08. The number of anilines is 1. The molecule has 0 radical (unpaired) electrons. The molecule has 3 rings (SSSR count). The number of benzene rings is 1. The number of aromatic nitrogens is 2. The number of amides is 2. The number of nitrogens with zero attached hydrogens (tertiary/aromatic N) is 3. The fraction of sp³-hybridized carbons (Fsp3) is 0.421. The highest BCUT2D eigenvalue weighted by Gasteiger charge is 2.25. The van der Waals surface area contributed by atoms with E-state index in [2.05, 4.69) is 10.4 Å². The van der Waals surface area contributed by atoms with Gasteiger partial charge in [0.25, 0.3) is 11.8 Å². The Morgan fingerprint density at radius 1 is 1.04 bits per heavy atom. The predicted octanol–water partition coefficient (Wildman–Crippen LogP) is 2.32. The summed E-state index contributed by atoms with van der Waals surface area (Å²) in [6, 6.07) is 4.91. The molecule has 1 aliphatic rings. The van der Waals surface area contributed by atoms with Crippen LogP contribution in [0.3, 0.4) is 0 Å². The van der Waals surface area contributed by atoms with Gasteiger partial charge in [-0.25, -0.2) is 0 Å². The Hall–Kier alpha value is -3.03. The van der Waals surface area contributed by atoms with Gasteiger partial charge in [0, 0.05) is 31.8 Å². The first kappa shape index (κ1) is 18.8. The summed E-state index contributed by atoms with van der Waals surface area (Å²) in [7, 11) is 4.74. The van der Waals surface area contributed by atoms with Gasteiger partial charge < -0.3 is 19.7 Å². The van der Waals surface area contributed by atoms with Crippen molar-refractivity contribution < 1.29 is 19.1 Å². The first-order valence-corrected chi connectivity index (χ1v) is 8.89.